The lowest BCUT2D eigenvalue weighted by atomic mass is 9.74. The molecule has 6 atom stereocenters. The summed E-state index contributed by atoms with van der Waals surface area (Å²) in [5.41, 5.74) is 8.10. The van der Waals surface area contributed by atoms with Gasteiger partial charge < -0.3 is 40.2 Å². The number of carbonyl (C=O) groups excluding carboxylic acids is 2. The average molecular weight is 743 g/mol. The van der Waals surface area contributed by atoms with Crippen LogP contribution in [0.1, 0.15) is 74.6 Å². The van der Waals surface area contributed by atoms with E-state index in [0.717, 1.165) is 65.0 Å². The van der Waals surface area contributed by atoms with E-state index in [0.29, 0.717) is 23.9 Å². The van der Waals surface area contributed by atoms with Crippen LogP contribution in [0.25, 0.3) is 21.8 Å². The van der Waals surface area contributed by atoms with Crippen molar-refractivity contribution in [2.45, 2.75) is 99.4 Å². The number of aromatic nitrogens is 2. The Kier molecular flexibility index (Phi) is 9.95. The third-order valence-electron chi connectivity index (χ3n) is 12.6. The Morgan fingerprint density at radius 2 is 1.10 bits per heavy atom. The second-order valence-corrected chi connectivity index (χ2v) is 17.5. The molecule has 2 fully saturated rings. The molecule has 0 radical (unpaired) electrons. The summed E-state index contributed by atoms with van der Waals surface area (Å²) in [6.45, 7) is 12.8. The summed E-state index contributed by atoms with van der Waals surface area (Å²) < 4.78 is 0. The van der Waals surface area contributed by atoms with Crippen LogP contribution in [-0.4, -0.2) is 119 Å². The van der Waals surface area contributed by atoms with Crippen molar-refractivity contribution in [1.82, 2.24) is 40.2 Å². The number of nitrogens with zero attached hydrogens (tertiary/aromatic N) is 4. The Labute approximate surface area is 315 Å². The number of rotatable bonds is 9. The van der Waals surface area contributed by atoms with Gasteiger partial charge in [-0.3, -0.25) is 0 Å². The second-order valence-electron chi connectivity index (χ2n) is 15.3. The van der Waals surface area contributed by atoms with Gasteiger partial charge in [0.15, 0.2) is 0 Å². The van der Waals surface area contributed by atoms with Gasteiger partial charge in [-0.2, -0.15) is 0 Å². The molecule has 4 heterocycles. The maximum absolute atomic E-state index is 13.0. The van der Waals surface area contributed by atoms with Gasteiger partial charge in [-0.05, 0) is 123 Å². The molecule has 2 aliphatic carbocycles. The molecular weight excluding hydrogens is 689 g/mol. The number of aromatic amines is 2. The van der Waals surface area contributed by atoms with E-state index in [1.165, 1.54) is 54.1 Å². The van der Waals surface area contributed by atoms with Crippen LogP contribution >= 0.6 is 21.6 Å². The summed E-state index contributed by atoms with van der Waals surface area (Å²) in [7, 11) is 8.17. The van der Waals surface area contributed by atoms with Crippen LogP contribution in [0.4, 0.5) is 9.59 Å². The summed E-state index contributed by atoms with van der Waals surface area (Å²) in [5, 5.41) is 12.0. The predicted molar refractivity (Wildman–Crippen MR) is 214 cm³/mol. The van der Waals surface area contributed by atoms with E-state index in [1.807, 2.05) is 59.1 Å². The predicted octanol–water partition coefficient (Wildman–Crippen LogP) is 6.98. The van der Waals surface area contributed by atoms with Gasteiger partial charge in [0.05, 0.1) is 10.1 Å². The Morgan fingerprint density at radius 3 is 1.48 bits per heavy atom. The maximum atomic E-state index is 13.0. The van der Waals surface area contributed by atoms with E-state index in [4.69, 9.17) is 0 Å². The maximum Gasteiger partial charge on any atom is 0.317 e. The molecule has 4 aromatic rings. The molecule has 10 nitrogen and oxygen atoms in total. The number of H-pyrrole nitrogens is 2. The number of likely N-dealkylation sites (N-methyl/N-ethyl adjacent to an activating group) is 2. The molecule has 8 rings (SSSR count). The van der Waals surface area contributed by atoms with Crippen molar-refractivity contribution in [1.29, 1.82) is 0 Å². The van der Waals surface area contributed by atoms with Gasteiger partial charge in [0, 0.05) is 97.1 Å². The Balaban J connectivity index is 1.04. The largest absolute Gasteiger partial charge is 0.349 e. The molecule has 2 unspecified atom stereocenters. The number of hydrogen-bond acceptors (Lipinski definition) is 6. The molecule has 2 aromatic carbocycles. The minimum absolute atomic E-state index is 0.0475. The van der Waals surface area contributed by atoms with Gasteiger partial charge in [0.2, 0.25) is 0 Å². The lowest BCUT2D eigenvalue weighted by Crippen LogP contribution is -2.56. The Bertz CT molecular complexity index is 1830. The summed E-state index contributed by atoms with van der Waals surface area (Å²) in [6.07, 6.45) is 3.93. The summed E-state index contributed by atoms with van der Waals surface area (Å²) in [6, 6.07) is 14.6. The lowest BCUT2D eigenvalue weighted by Gasteiger charge is -2.46. The van der Waals surface area contributed by atoms with Crippen molar-refractivity contribution in [2.75, 3.05) is 53.4 Å². The molecule has 52 heavy (non-hydrogen) atoms. The van der Waals surface area contributed by atoms with Crippen LogP contribution in [-0.2, 0) is 12.8 Å². The first-order valence-electron chi connectivity index (χ1n) is 19.3. The second kappa shape index (κ2) is 14.5. The van der Waals surface area contributed by atoms with Gasteiger partial charge in [-0.1, -0.05) is 24.3 Å². The van der Waals surface area contributed by atoms with Gasteiger partial charge in [-0.15, -0.1) is 0 Å². The van der Waals surface area contributed by atoms with E-state index in [2.05, 4.69) is 80.9 Å². The zero-order valence-corrected chi connectivity index (χ0v) is 33.1. The van der Waals surface area contributed by atoms with Crippen molar-refractivity contribution >= 4 is 55.5 Å². The molecule has 12 heteroatoms. The number of piperidine rings is 2. The van der Waals surface area contributed by atoms with Crippen molar-refractivity contribution in [3.63, 3.8) is 0 Å². The molecule has 0 saturated carbocycles. The highest BCUT2D eigenvalue weighted by Gasteiger charge is 2.43. The van der Waals surface area contributed by atoms with Gasteiger partial charge in [-0.25, -0.2) is 9.59 Å². The number of carbonyl (C=O) groups is 2. The zero-order chi connectivity index (χ0) is 36.3. The van der Waals surface area contributed by atoms with E-state index in [9.17, 15) is 9.59 Å². The fraction of sp³-hybridized carbons (Fsp3) is 0.550. The molecule has 4 amide bonds. The number of nitrogens with one attached hydrogen (secondary N) is 4. The number of fused-ring (bicyclic) bond motifs is 4. The fourth-order valence-corrected chi connectivity index (χ4v) is 12.4. The monoisotopic (exact) mass is 742 g/mol. The third kappa shape index (κ3) is 6.17. The van der Waals surface area contributed by atoms with E-state index >= 15 is 0 Å². The van der Waals surface area contributed by atoms with Crippen LogP contribution < -0.4 is 10.6 Å². The van der Waals surface area contributed by atoms with Crippen molar-refractivity contribution in [3.8, 4) is 0 Å². The van der Waals surface area contributed by atoms with Crippen LogP contribution in [0.3, 0.4) is 0 Å². The van der Waals surface area contributed by atoms with Crippen LogP contribution in [0.5, 0.6) is 0 Å². The van der Waals surface area contributed by atoms with Crippen LogP contribution in [0.2, 0.25) is 0 Å². The topological polar surface area (TPSA) is 103 Å². The molecule has 4 N–H and O–H groups in total. The van der Waals surface area contributed by atoms with Gasteiger partial charge >= 0.3 is 12.1 Å². The summed E-state index contributed by atoms with van der Waals surface area (Å²) in [4.78, 5) is 42.4. The van der Waals surface area contributed by atoms with Crippen LogP contribution in [0.15, 0.2) is 46.5 Å². The summed E-state index contributed by atoms with van der Waals surface area (Å²) in [5.74, 6) is 0.751. The number of urea groups is 2. The highest BCUT2D eigenvalue weighted by molar-refractivity contribution is 8.76. The van der Waals surface area contributed by atoms with Gasteiger partial charge in [0.1, 0.15) is 0 Å². The molecule has 0 spiro atoms. The minimum atomic E-state index is 0.0475. The average Bonchev–Trinajstić information content (AvgIpc) is 3.68. The summed E-state index contributed by atoms with van der Waals surface area (Å²) >= 11 is 0. The molecule has 2 saturated heterocycles. The molecule has 278 valence electrons. The zero-order valence-electron chi connectivity index (χ0n) is 31.4. The number of hydrogen-bond donors (Lipinski definition) is 4. The lowest BCUT2D eigenvalue weighted by molar-refractivity contribution is 0.123. The van der Waals surface area contributed by atoms with E-state index in [-0.39, 0.29) is 24.1 Å². The van der Waals surface area contributed by atoms with Crippen molar-refractivity contribution < 1.29 is 9.59 Å². The van der Waals surface area contributed by atoms with Gasteiger partial charge in [0.25, 0.3) is 0 Å². The molecule has 4 aliphatic rings. The highest BCUT2D eigenvalue weighted by atomic mass is 33.1. The van der Waals surface area contributed by atoms with Crippen molar-refractivity contribution in [2.24, 2.45) is 0 Å². The van der Waals surface area contributed by atoms with E-state index < -0.39 is 0 Å². The van der Waals surface area contributed by atoms with Crippen molar-refractivity contribution in [3.05, 3.63) is 58.7 Å². The smallest absolute Gasteiger partial charge is 0.317 e. The molecule has 0 bridgehead atoms. The first-order chi connectivity index (χ1) is 25.2. The minimum Gasteiger partial charge on any atom is -0.349 e. The Morgan fingerprint density at radius 1 is 0.692 bits per heavy atom. The number of amides is 4. The highest BCUT2D eigenvalue weighted by Crippen LogP contribution is 2.51. The number of benzene rings is 2. The standard InChI is InChI=1S/C40H54N8O2S2/c1-7-47(8-2)39(49)41-23-17-27-25-13-11-15-31-35(25)29(19-33(27)45(5)21-23)37(43-31)51-52-38-30-20-34-28(26-14-12-16-32(44-38)36(26)30)18-24(22-46(34)6)42-40(50)48(9-3)10-4/h11-16,23-24,27-28,33-34,43-44H,7-10,17-22H2,1-6H3,(H,41,49)(H,42,50)/t23?,24?,27-,28-,33-,34-/m1/s1. The normalized spacial score (nSPS) is 25.5. The molecule has 2 aliphatic heterocycles. The number of likely N-dealkylation sites (tertiary alicyclic amines) is 2. The third-order valence-corrected chi connectivity index (χ3v) is 15.0. The van der Waals surface area contributed by atoms with E-state index in [1.54, 1.807) is 0 Å². The fourth-order valence-electron chi connectivity index (χ4n) is 9.98. The molecule has 2 aromatic heterocycles. The van der Waals surface area contributed by atoms with Crippen LogP contribution in [0, 0.1) is 0 Å². The first-order valence-corrected chi connectivity index (χ1v) is 21.5. The quantitative estimate of drug-likeness (QED) is 0.138. The Hall–Kier alpha value is -3.32. The first kappa shape index (κ1) is 35.7. The SMILES string of the molecule is CCN(CC)C(=O)NC1C[C@@H]2c3cccc4[nH]c(SSc5[nH]c6cccc7c6c5C[C@@H]5[C@@H]7CC(NC(=O)N(CC)CC)CN5C)c(c34)C[C@H]2N(C)C1. The molecular formula is C40H54N8O2S2.